The number of aliphatic carboxylic acids is 1. The van der Waals surface area contributed by atoms with E-state index in [0.29, 0.717) is 18.8 Å². The summed E-state index contributed by atoms with van der Waals surface area (Å²) in [5.74, 6) is -3.39. The third-order valence-electron chi connectivity index (χ3n) is 5.85. The summed E-state index contributed by atoms with van der Waals surface area (Å²) in [5.41, 5.74) is 9.79. The first kappa shape index (κ1) is 27.6. The Bertz CT molecular complexity index is 1290. The van der Waals surface area contributed by atoms with Crippen LogP contribution in [0.2, 0.25) is 0 Å². The largest absolute Gasteiger partial charge is 0.490 e. The maximum Gasteiger partial charge on any atom is 0.490 e. The van der Waals surface area contributed by atoms with Crippen molar-refractivity contribution in [2.75, 3.05) is 13.1 Å². The van der Waals surface area contributed by atoms with E-state index in [1.54, 1.807) is 0 Å². The van der Waals surface area contributed by atoms with E-state index < -0.39 is 30.1 Å². The minimum Gasteiger partial charge on any atom is -0.475 e. The molecule has 3 aromatic rings. The van der Waals surface area contributed by atoms with Gasteiger partial charge >= 0.3 is 17.9 Å². The highest BCUT2D eigenvalue weighted by Gasteiger charge is 2.38. The molecule has 0 saturated carbocycles. The number of alkyl halides is 4. The molecule has 0 bridgehead atoms. The predicted molar refractivity (Wildman–Crippen MR) is 124 cm³/mol. The third-order valence-corrected chi connectivity index (χ3v) is 5.85. The van der Waals surface area contributed by atoms with Crippen LogP contribution in [-0.2, 0) is 9.59 Å². The molecule has 1 saturated heterocycles. The topological polar surface area (TPSA) is 143 Å². The lowest BCUT2D eigenvalue weighted by atomic mass is 9.91. The highest BCUT2D eigenvalue weighted by Crippen LogP contribution is 2.27. The van der Waals surface area contributed by atoms with Gasteiger partial charge in [0.25, 0.3) is 0 Å². The molecule has 9 nitrogen and oxygen atoms in total. The fourth-order valence-corrected chi connectivity index (χ4v) is 3.73. The minimum absolute atomic E-state index is 0.130. The molecule has 4 rings (SSSR count). The van der Waals surface area contributed by atoms with E-state index in [9.17, 15) is 27.2 Å². The first-order valence-corrected chi connectivity index (χ1v) is 11.1. The zero-order chi connectivity index (χ0) is 27.3. The quantitative estimate of drug-likeness (QED) is 0.435. The molecule has 0 unspecified atom stereocenters. The van der Waals surface area contributed by atoms with Gasteiger partial charge in [0.05, 0.1) is 12.6 Å². The van der Waals surface area contributed by atoms with Crippen LogP contribution in [-0.4, -0.2) is 63.5 Å². The van der Waals surface area contributed by atoms with Gasteiger partial charge in [0, 0.05) is 18.0 Å². The molecule has 4 N–H and O–H groups in total. The van der Waals surface area contributed by atoms with Gasteiger partial charge in [-0.25, -0.2) is 14.0 Å². The second-order valence-electron chi connectivity index (χ2n) is 8.43. The van der Waals surface area contributed by atoms with Gasteiger partial charge in [-0.1, -0.05) is 54.5 Å². The average molecular weight is 524 g/mol. The van der Waals surface area contributed by atoms with Crippen molar-refractivity contribution >= 4 is 11.9 Å². The van der Waals surface area contributed by atoms with Crippen LogP contribution in [0.3, 0.4) is 0 Å². The summed E-state index contributed by atoms with van der Waals surface area (Å²) in [7, 11) is 0. The van der Waals surface area contributed by atoms with Gasteiger partial charge in [-0.2, -0.15) is 13.2 Å². The molecule has 3 atom stereocenters. The summed E-state index contributed by atoms with van der Waals surface area (Å²) in [6.45, 7) is 2.46. The number of aromatic amines is 1. The number of carbonyl (C=O) groups is 2. The Morgan fingerprint density at radius 1 is 1.16 bits per heavy atom. The van der Waals surface area contributed by atoms with Gasteiger partial charge in [-0.05, 0) is 29.2 Å². The van der Waals surface area contributed by atoms with Crippen molar-refractivity contribution in [1.29, 1.82) is 0 Å². The monoisotopic (exact) mass is 524 g/mol. The van der Waals surface area contributed by atoms with Gasteiger partial charge in [-0.3, -0.25) is 14.3 Å². The normalized spacial score (nSPS) is 17.0. The van der Waals surface area contributed by atoms with E-state index in [2.05, 4.69) is 14.7 Å². The van der Waals surface area contributed by atoms with Crippen molar-refractivity contribution in [3.05, 3.63) is 64.6 Å². The Hall–Kier alpha value is -4.00. The second-order valence-corrected chi connectivity index (χ2v) is 8.43. The van der Waals surface area contributed by atoms with Crippen LogP contribution >= 0.6 is 0 Å². The van der Waals surface area contributed by atoms with E-state index in [-0.39, 0.29) is 18.4 Å². The summed E-state index contributed by atoms with van der Waals surface area (Å²) in [4.78, 5) is 36.7. The second kappa shape index (κ2) is 11.4. The highest BCUT2D eigenvalue weighted by molar-refractivity contribution is 5.83. The van der Waals surface area contributed by atoms with E-state index in [1.165, 1.54) is 4.90 Å². The number of nitrogens with zero attached hydrogens (tertiary/aromatic N) is 2. The van der Waals surface area contributed by atoms with Crippen molar-refractivity contribution in [1.82, 2.24) is 15.0 Å². The van der Waals surface area contributed by atoms with Gasteiger partial charge in [0.2, 0.25) is 5.91 Å². The van der Waals surface area contributed by atoms with Crippen molar-refractivity contribution in [2.45, 2.75) is 37.7 Å². The molecule has 1 aromatic heterocycles. The maximum atomic E-state index is 13.4. The molecular weight excluding hydrogens is 500 g/mol. The molecule has 37 heavy (non-hydrogen) atoms. The number of rotatable bonds is 5. The first-order valence-electron chi connectivity index (χ1n) is 11.1. The Kier molecular flexibility index (Phi) is 8.48. The van der Waals surface area contributed by atoms with Crippen LogP contribution in [0.5, 0.6) is 0 Å². The van der Waals surface area contributed by atoms with E-state index >= 15 is 0 Å². The average Bonchev–Trinajstić information content (AvgIpc) is 3.51. The van der Waals surface area contributed by atoms with E-state index in [4.69, 9.17) is 15.6 Å². The van der Waals surface area contributed by atoms with Crippen LogP contribution in [0.4, 0.5) is 17.6 Å². The Morgan fingerprint density at radius 3 is 2.30 bits per heavy atom. The number of hydrogen-bond acceptors (Lipinski definition) is 6. The van der Waals surface area contributed by atoms with Crippen LogP contribution in [0, 0.1) is 0 Å². The number of aromatic nitrogens is 2. The van der Waals surface area contributed by atoms with Crippen LogP contribution in [0.15, 0.2) is 57.8 Å². The summed E-state index contributed by atoms with van der Waals surface area (Å²) < 4.78 is 49.7. The van der Waals surface area contributed by atoms with Crippen molar-refractivity contribution in [2.24, 2.45) is 5.73 Å². The number of benzene rings is 2. The predicted octanol–water partition coefficient (Wildman–Crippen LogP) is 3.33. The number of carbonyl (C=O) groups excluding carboxylic acids is 1. The maximum absolute atomic E-state index is 13.4. The van der Waals surface area contributed by atoms with Crippen LogP contribution < -0.4 is 11.5 Å². The zero-order valence-electron chi connectivity index (χ0n) is 19.5. The van der Waals surface area contributed by atoms with Gasteiger partial charge in [0.1, 0.15) is 6.17 Å². The molecule has 198 valence electrons. The van der Waals surface area contributed by atoms with Crippen LogP contribution in [0.1, 0.15) is 24.8 Å². The summed E-state index contributed by atoms with van der Waals surface area (Å²) >= 11 is 0. The number of hydrogen-bond donors (Lipinski definition) is 3. The Morgan fingerprint density at radius 2 is 1.78 bits per heavy atom. The number of carboxylic acid groups (broad SMARTS) is 1. The Balaban J connectivity index is 0.000000479. The SMILES string of the molecule is C[C@@H](c1ccc(-c2cccc(-c3noc(=O)[nH]3)c2)cc1)[C@H](N)C(=O)N1CC[C@H](F)C1.O=C(O)C(F)(F)F. The number of carboxylic acids is 1. The number of likely N-dealkylation sites (tertiary alicyclic amines) is 1. The van der Waals surface area contributed by atoms with Crippen molar-refractivity contribution < 1.29 is 36.8 Å². The minimum atomic E-state index is -5.08. The molecule has 2 aromatic carbocycles. The smallest absolute Gasteiger partial charge is 0.475 e. The fraction of sp³-hybridized carbons (Fsp3) is 0.333. The summed E-state index contributed by atoms with van der Waals surface area (Å²) in [6, 6.07) is 14.7. The summed E-state index contributed by atoms with van der Waals surface area (Å²) in [5, 5.41) is 10.8. The molecule has 1 fully saturated rings. The highest BCUT2D eigenvalue weighted by atomic mass is 19.4. The van der Waals surface area contributed by atoms with Gasteiger partial charge < -0.3 is 15.7 Å². The molecule has 1 amide bonds. The number of halogens is 4. The molecule has 2 heterocycles. The molecular formula is C24H24F4N4O5. The van der Waals surface area contributed by atoms with Crippen molar-refractivity contribution in [3.8, 4) is 22.5 Å². The molecule has 1 aliphatic rings. The number of nitrogens with two attached hydrogens (primary N) is 1. The number of amides is 1. The molecule has 0 spiro atoms. The number of nitrogens with one attached hydrogen (secondary N) is 1. The standard InChI is InChI=1S/C22H23FN4O3.C2HF3O2/c1-13(19(24)21(28)27-10-9-18(23)12-27)14-5-7-15(8-6-14)16-3-2-4-17(11-16)20-25-22(29)30-26-20;3-2(4,5)1(6)7/h2-8,11,13,18-19H,9-10,12,24H2,1H3,(H,25,26,29);(H,6,7)/t13-,18-,19-;/m0./s1. The lowest BCUT2D eigenvalue weighted by Crippen LogP contribution is -2.45. The number of H-pyrrole nitrogens is 1. The zero-order valence-corrected chi connectivity index (χ0v) is 19.5. The fourth-order valence-electron chi connectivity index (χ4n) is 3.73. The van der Waals surface area contributed by atoms with Gasteiger partial charge in [-0.15, -0.1) is 0 Å². The lowest BCUT2D eigenvalue weighted by Gasteiger charge is -2.25. The first-order chi connectivity index (χ1) is 17.4. The third kappa shape index (κ3) is 7.03. The summed E-state index contributed by atoms with van der Waals surface area (Å²) in [6.07, 6.45) is -5.66. The Labute approximate surface area is 207 Å². The molecule has 0 aliphatic carbocycles. The van der Waals surface area contributed by atoms with Gasteiger partial charge in [0.15, 0.2) is 5.82 Å². The molecule has 1 aliphatic heterocycles. The molecule has 0 radical (unpaired) electrons. The van der Waals surface area contributed by atoms with Crippen molar-refractivity contribution in [3.63, 3.8) is 0 Å². The van der Waals surface area contributed by atoms with E-state index in [1.807, 2.05) is 55.5 Å². The lowest BCUT2D eigenvalue weighted by molar-refractivity contribution is -0.192. The molecule has 13 heteroatoms. The van der Waals surface area contributed by atoms with E-state index in [0.717, 1.165) is 22.3 Å². The van der Waals surface area contributed by atoms with Crippen LogP contribution in [0.25, 0.3) is 22.5 Å².